The Balaban J connectivity index is 1.58. The van der Waals surface area contributed by atoms with Crippen LogP contribution in [0.4, 0.5) is 0 Å². The average Bonchev–Trinajstić information content (AvgIpc) is 2.47. The van der Waals surface area contributed by atoms with Gasteiger partial charge in [-0.05, 0) is 50.1 Å². The summed E-state index contributed by atoms with van der Waals surface area (Å²) in [5.74, 6) is 0. The van der Waals surface area contributed by atoms with Gasteiger partial charge in [0.2, 0.25) is 0 Å². The average molecular weight is 333 g/mol. The van der Waals surface area contributed by atoms with Gasteiger partial charge in [0.1, 0.15) is 12.0 Å². The van der Waals surface area contributed by atoms with Gasteiger partial charge in [-0.2, -0.15) is 0 Å². The van der Waals surface area contributed by atoms with Gasteiger partial charge < -0.3 is 14.8 Å². The summed E-state index contributed by atoms with van der Waals surface area (Å²) in [7, 11) is 0. The monoisotopic (exact) mass is 332 g/mol. The molecule has 0 unspecified atom stereocenters. The number of hydrogen-bond acceptors (Lipinski definition) is 4. The predicted molar refractivity (Wildman–Crippen MR) is 93.9 cm³/mol. The van der Waals surface area contributed by atoms with Crippen LogP contribution >= 0.6 is 36.5 Å². The zero-order valence-corrected chi connectivity index (χ0v) is 14.3. The van der Waals surface area contributed by atoms with Crippen molar-refractivity contribution in [2.45, 2.75) is 76.3 Å². The fraction of sp³-hybridized carbons (Fsp3) is 0.857. The molecule has 3 nitrogen and oxygen atoms in total. The summed E-state index contributed by atoms with van der Waals surface area (Å²) < 4.78 is 6.18. The maximum absolute atomic E-state index is 5.48. The number of hydrogen-bond donors (Lipinski definition) is 2. The summed E-state index contributed by atoms with van der Waals surface area (Å²) >= 11 is 11.7. The predicted octanol–water partition coefficient (Wildman–Crippen LogP) is 4.07. The minimum absolute atomic E-state index is 0.467. The van der Waals surface area contributed by atoms with Crippen LogP contribution in [-0.4, -0.2) is 21.6 Å². The first kappa shape index (κ1) is 16.3. The molecule has 0 aromatic rings. The lowest BCUT2D eigenvalue weighted by atomic mass is 9.96. The van der Waals surface area contributed by atoms with E-state index < -0.39 is 0 Å². The molecule has 0 aliphatic heterocycles. The summed E-state index contributed by atoms with van der Waals surface area (Å²) in [5, 5.41) is 7.11. The lowest BCUT2D eigenvalue weighted by molar-refractivity contribution is 0.400. The van der Waals surface area contributed by atoms with Crippen molar-refractivity contribution in [3.05, 3.63) is 0 Å². The first-order valence-corrected chi connectivity index (χ1v) is 9.25. The lowest BCUT2D eigenvalue weighted by Crippen LogP contribution is -2.37. The molecule has 114 valence electrons. The van der Waals surface area contributed by atoms with Crippen molar-refractivity contribution < 1.29 is 4.18 Å². The lowest BCUT2D eigenvalue weighted by Gasteiger charge is -2.24. The summed E-state index contributed by atoms with van der Waals surface area (Å²) in [5.41, 5.74) is 0. The Bertz CT molecular complexity index is 294. The van der Waals surface area contributed by atoms with Gasteiger partial charge in [-0.3, -0.25) is 0 Å². The summed E-state index contributed by atoms with van der Waals surface area (Å²) in [6.45, 7) is 0. The van der Waals surface area contributed by atoms with Crippen LogP contribution in [0.25, 0.3) is 0 Å². The van der Waals surface area contributed by atoms with E-state index >= 15 is 0 Å². The molecule has 20 heavy (non-hydrogen) atoms. The number of rotatable bonds is 2. The maximum atomic E-state index is 5.48. The molecule has 2 fully saturated rings. The third-order valence-corrected chi connectivity index (χ3v) is 5.20. The van der Waals surface area contributed by atoms with Crippen molar-refractivity contribution in [3.63, 3.8) is 0 Å². The van der Waals surface area contributed by atoms with E-state index in [0.29, 0.717) is 21.6 Å². The van der Waals surface area contributed by atoms with Gasteiger partial charge in [-0.15, -0.1) is 0 Å². The van der Waals surface area contributed by atoms with Crippen molar-refractivity contribution in [1.82, 2.24) is 10.6 Å². The highest BCUT2D eigenvalue weighted by atomic mass is 32.2. The standard InChI is InChI=1S/C14H24N2OS3/c18-13(15-11-7-3-1-4-8-11)17-20-14(19)16-12-9-5-2-6-10-12/h11-12H,1-10H2,(H,15,18)(H,16,19). The van der Waals surface area contributed by atoms with Gasteiger partial charge in [0.25, 0.3) is 5.17 Å². The van der Waals surface area contributed by atoms with Gasteiger partial charge >= 0.3 is 0 Å². The van der Waals surface area contributed by atoms with E-state index in [4.69, 9.17) is 28.6 Å². The fourth-order valence-corrected chi connectivity index (χ4v) is 3.90. The van der Waals surface area contributed by atoms with Gasteiger partial charge in [0.05, 0.1) is 0 Å². The van der Waals surface area contributed by atoms with Crippen molar-refractivity contribution in [2.75, 3.05) is 0 Å². The maximum Gasteiger partial charge on any atom is 0.270 e. The van der Waals surface area contributed by atoms with Crippen LogP contribution in [0.5, 0.6) is 0 Å². The van der Waals surface area contributed by atoms with E-state index in [-0.39, 0.29) is 0 Å². The minimum atomic E-state index is 0.467. The molecule has 2 rings (SSSR count). The van der Waals surface area contributed by atoms with Crippen LogP contribution < -0.4 is 10.6 Å². The topological polar surface area (TPSA) is 33.3 Å². The molecule has 0 amide bonds. The Hall–Kier alpha value is -0.0700. The van der Waals surface area contributed by atoms with Crippen LogP contribution in [0.2, 0.25) is 0 Å². The molecule has 2 saturated carbocycles. The van der Waals surface area contributed by atoms with Crippen LogP contribution in [0, 0.1) is 0 Å². The molecule has 6 heteroatoms. The Morgan fingerprint density at radius 3 is 1.85 bits per heavy atom. The third kappa shape index (κ3) is 6.14. The number of nitrogens with one attached hydrogen (secondary N) is 2. The smallest absolute Gasteiger partial charge is 0.270 e. The molecular weight excluding hydrogens is 308 g/mol. The summed E-state index contributed by atoms with van der Waals surface area (Å²) in [6, 6.07) is 1.00. The second-order valence-corrected chi connectivity index (χ2v) is 7.48. The number of thiocarbonyl (C=S) groups is 2. The molecule has 0 aromatic heterocycles. The Labute approximate surface area is 137 Å². The molecule has 0 radical (unpaired) electrons. The molecular formula is C14H24N2OS3. The third-order valence-electron chi connectivity index (χ3n) is 4.05. The van der Waals surface area contributed by atoms with E-state index in [0.717, 1.165) is 0 Å². The molecule has 0 bridgehead atoms. The second kappa shape index (κ2) is 9.05. The molecule has 0 heterocycles. The summed E-state index contributed by atoms with van der Waals surface area (Å²) in [4.78, 5) is 0. The van der Waals surface area contributed by atoms with Crippen molar-refractivity contribution in [3.8, 4) is 0 Å². The molecule has 0 spiro atoms. The largest absolute Gasteiger partial charge is 0.390 e. The van der Waals surface area contributed by atoms with Crippen LogP contribution in [0.3, 0.4) is 0 Å². The van der Waals surface area contributed by atoms with Gasteiger partial charge in [-0.1, -0.05) is 38.5 Å². The summed E-state index contributed by atoms with van der Waals surface area (Å²) in [6.07, 6.45) is 12.7. The Morgan fingerprint density at radius 2 is 1.30 bits per heavy atom. The van der Waals surface area contributed by atoms with Gasteiger partial charge in [-0.25, -0.2) is 0 Å². The highest BCUT2D eigenvalue weighted by Gasteiger charge is 2.17. The first-order valence-electron chi connectivity index (χ1n) is 7.69. The van der Waals surface area contributed by atoms with Crippen molar-refractivity contribution >= 4 is 46.0 Å². The molecule has 0 aromatic carbocycles. The van der Waals surface area contributed by atoms with E-state index in [1.807, 2.05) is 0 Å². The van der Waals surface area contributed by atoms with E-state index in [2.05, 4.69) is 10.6 Å². The van der Waals surface area contributed by atoms with Crippen LogP contribution in [0.15, 0.2) is 0 Å². The Kier molecular flexibility index (Phi) is 7.38. The van der Waals surface area contributed by atoms with E-state index in [1.165, 1.54) is 76.3 Å². The molecule has 0 saturated heterocycles. The zero-order chi connectivity index (χ0) is 14.2. The van der Waals surface area contributed by atoms with Crippen molar-refractivity contribution in [1.29, 1.82) is 0 Å². The molecule has 2 aliphatic rings. The van der Waals surface area contributed by atoms with E-state index in [1.54, 1.807) is 0 Å². The second-order valence-electron chi connectivity index (χ2n) is 5.70. The minimum Gasteiger partial charge on any atom is -0.390 e. The quantitative estimate of drug-likeness (QED) is 0.586. The fourth-order valence-electron chi connectivity index (χ4n) is 2.95. The molecule has 0 atom stereocenters. The van der Waals surface area contributed by atoms with E-state index in [9.17, 15) is 0 Å². The van der Waals surface area contributed by atoms with Gasteiger partial charge in [0, 0.05) is 12.1 Å². The normalized spacial score (nSPS) is 21.2. The van der Waals surface area contributed by atoms with Crippen LogP contribution in [-0.2, 0) is 4.18 Å². The highest BCUT2D eigenvalue weighted by Crippen LogP contribution is 2.20. The zero-order valence-electron chi connectivity index (χ0n) is 11.9. The highest BCUT2D eigenvalue weighted by molar-refractivity contribution is 8.20. The SMILES string of the molecule is S=C(NC1CCCCC1)OSC(=S)NC1CCCCC1. The van der Waals surface area contributed by atoms with Crippen molar-refractivity contribution in [2.24, 2.45) is 0 Å². The first-order chi connectivity index (χ1) is 9.74. The molecule has 2 N–H and O–H groups in total. The Morgan fingerprint density at radius 1 is 0.800 bits per heavy atom. The van der Waals surface area contributed by atoms with Crippen LogP contribution in [0.1, 0.15) is 64.2 Å². The van der Waals surface area contributed by atoms with Gasteiger partial charge in [0.15, 0.2) is 4.32 Å². The molecule has 2 aliphatic carbocycles.